The van der Waals surface area contributed by atoms with Gasteiger partial charge in [-0.2, -0.15) is 0 Å². The minimum absolute atomic E-state index is 0.0332. The van der Waals surface area contributed by atoms with Crippen molar-refractivity contribution in [2.75, 3.05) is 25.0 Å². The standard InChI is InChI=1S/C9H8Cl2O3/c10-5-1-3-7-13-9(12)14-8-4-2-6-11/h5-8H2. The molecule has 0 radical (unpaired) electrons. The van der Waals surface area contributed by atoms with Crippen LogP contribution >= 0.6 is 23.2 Å². The summed E-state index contributed by atoms with van der Waals surface area (Å²) in [5.74, 6) is 10.5. The molecule has 0 aliphatic rings. The van der Waals surface area contributed by atoms with Crippen LogP contribution in [0.5, 0.6) is 0 Å². The fraction of sp³-hybridized carbons (Fsp3) is 0.444. The first-order valence-corrected chi connectivity index (χ1v) is 4.71. The molecular formula is C9H8Cl2O3. The van der Waals surface area contributed by atoms with Crippen molar-refractivity contribution in [3.8, 4) is 23.7 Å². The summed E-state index contributed by atoms with van der Waals surface area (Å²) in [5.41, 5.74) is 0. The smallest absolute Gasteiger partial charge is 0.421 e. The molecule has 0 bridgehead atoms. The van der Waals surface area contributed by atoms with Gasteiger partial charge in [0.05, 0.1) is 11.8 Å². The van der Waals surface area contributed by atoms with Crippen LogP contribution in [0.3, 0.4) is 0 Å². The summed E-state index contributed by atoms with van der Waals surface area (Å²) >= 11 is 10.5. The van der Waals surface area contributed by atoms with E-state index >= 15 is 0 Å². The number of rotatable bonds is 2. The van der Waals surface area contributed by atoms with Crippen LogP contribution in [0.2, 0.25) is 0 Å². The molecule has 5 heteroatoms. The van der Waals surface area contributed by atoms with Gasteiger partial charge in [0.25, 0.3) is 0 Å². The Morgan fingerprint density at radius 2 is 1.36 bits per heavy atom. The zero-order chi connectivity index (χ0) is 10.6. The third-order valence-electron chi connectivity index (χ3n) is 0.908. The quantitative estimate of drug-likeness (QED) is 0.414. The predicted molar refractivity (Wildman–Crippen MR) is 54.3 cm³/mol. The topological polar surface area (TPSA) is 35.5 Å². The molecule has 0 aliphatic carbocycles. The number of halogens is 2. The largest absolute Gasteiger partial charge is 0.510 e. The van der Waals surface area contributed by atoms with Gasteiger partial charge in [0.2, 0.25) is 0 Å². The SMILES string of the molecule is O=C(OCC#CCCl)OCC#CCCl. The molecule has 0 fully saturated rings. The van der Waals surface area contributed by atoms with Gasteiger partial charge in [0.1, 0.15) is 0 Å². The van der Waals surface area contributed by atoms with Crippen molar-refractivity contribution in [1.82, 2.24) is 0 Å². The van der Waals surface area contributed by atoms with Crippen LogP contribution in [0, 0.1) is 23.7 Å². The number of ether oxygens (including phenoxy) is 2. The molecule has 0 aromatic carbocycles. The molecule has 14 heavy (non-hydrogen) atoms. The van der Waals surface area contributed by atoms with Crippen LogP contribution in [-0.2, 0) is 9.47 Å². The summed E-state index contributed by atoms with van der Waals surface area (Å²) in [7, 11) is 0. The predicted octanol–water partition coefficient (Wildman–Crippen LogP) is 1.62. The maximum Gasteiger partial charge on any atom is 0.510 e. The van der Waals surface area contributed by atoms with Gasteiger partial charge in [0.15, 0.2) is 13.2 Å². The lowest BCUT2D eigenvalue weighted by Crippen LogP contribution is -2.07. The first-order valence-electron chi connectivity index (χ1n) is 3.64. The molecule has 0 unspecified atom stereocenters. The van der Waals surface area contributed by atoms with Crippen molar-refractivity contribution in [3.05, 3.63) is 0 Å². The highest BCUT2D eigenvalue weighted by atomic mass is 35.5. The molecule has 0 saturated carbocycles. The van der Waals surface area contributed by atoms with Gasteiger partial charge < -0.3 is 9.47 Å². The Bertz CT molecular complexity index is 252. The normalized spacial score (nSPS) is 7.57. The molecule has 0 amide bonds. The lowest BCUT2D eigenvalue weighted by Gasteiger charge is -1.98. The molecule has 0 N–H and O–H groups in total. The fourth-order valence-electron chi connectivity index (χ4n) is 0.428. The molecule has 0 atom stereocenters. The van der Waals surface area contributed by atoms with Crippen LogP contribution < -0.4 is 0 Å². The number of alkyl halides is 2. The second-order valence-electron chi connectivity index (χ2n) is 1.80. The van der Waals surface area contributed by atoms with Gasteiger partial charge >= 0.3 is 6.16 Å². The van der Waals surface area contributed by atoms with Crippen molar-refractivity contribution in [1.29, 1.82) is 0 Å². The monoisotopic (exact) mass is 234 g/mol. The van der Waals surface area contributed by atoms with Gasteiger partial charge in [-0.25, -0.2) is 4.79 Å². The molecule has 0 aromatic rings. The van der Waals surface area contributed by atoms with Crippen molar-refractivity contribution in [2.24, 2.45) is 0 Å². The lowest BCUT2D eigenvalue weighted by atomic mass is 10.6. The summed E-state index contributed by atoms with van der Waals surface area (Å²) in [6, 6.07) is 0. The molecule has 76 valence electrons. The molecule has 0 saturated heterocycles. The van der Waals surface area contributed by atoms with E-state index in [1.807, 2.05) is 0 Å². The van der Waals surface area contributed by atoms with E-state index in [0.717, 1.165) is 0 Å². The van der Waals surface area contributed by atoms with Gasteiger partial charge in [-0.3, -0.25) is 0 Å². The average Bonchev–Trinajstić information content (AvgIpc) is 2.19. The Morgan fingerprint density at radius 3 is 1.71 bits per heavy atom. The number of hydrogen-bond acceptors (Lipinski definition) is 3. The van der Waals surface area contributed by atoms with E-state index < -0.39 is 6.16 Å². The number of carbonyl (C=O) groups excluding carboxylic acids is 1. The first kappa shape index (κ1) is 13.0. The molecule has 0 rings (SSSR count). The van der Waals surface area contributed by atoms with Crippen molar-refractivity contribution in [3.63, 3.8) is 0 Å². The van der Waals surface area contributed by atoms with Crippen molar-refractivity contribution in [2.45, 2.75) is 0 Å². The van der Waals surface area contributed by atoms with E-state index in [1.54, 1.807) is 0 Å². The summed E-state index contributed by atoms with van der Waals surface area (Å²) < 4.78 is 9.06. The third kappa shape index (κ3) is 9.06. The van der Waals surface area contributed by atoms with E-state index in [2.05, 4.69) is 33.2 Å². The van der Waals surface area contributed by atoms with Crippen molar-refractivity contribution < 1.29 is 14.3 Å². The maximum absolute atomic E-state index is 10.7. The van der Waals surface area contributed by atoms with Crippen LogP contribution in [-0.4, -0.2) is 31.1 Å². The van der Waals surface area contributed by atoms with E-state index in [9.17, 15) is 4.79 Å². The minimum atomic E-state index is -0.808. The Morgan fingerprint density at radius 1 is 0.929 bits per heavy atom. The average molecular weight is 235 g/mol. The van der Waals surface area contributed by atoms with Crippen LogP contribution in [0.25, 0.3) is 0 Å². The van der Waals surface area contributed by atoms with E-state index in [4.69, 9.17) is 23.2 Å². The van der Waals surface area contributed by atoms with Gasteiger partial charge in [-0.15, -0.1) is 23.2 Å². The molecule has 3 nitrogen and oxygen atoms in total. The van der Waals surface area contributed by atoms with Crippen LogP contribution in [0.15, 0.2) is 0 Å². The van der Waals surface area contributed by atoms with Gasteiger partial charge in [-0.1, -0.05) is 23.7 Å². The summed E-state index contributed by atoms with van der Waals surface area (Å²) in [6.07, 6.45) is -0.808. The van der Waals surface area contributed by atoms with E-state index in [-0.39, 0.29) is 25.0 Å². The highest BCUT2D eigenvalue weighted by molar-refractivity contribution is 6.19. The Hall–Kier alpha value is -1.03. The zero-order valence-corrected chi connectivity index (χ0v) is 8.82. The summed E-state index contributed by atoms with van der Waals surface area (Å²) in [4.78, 5) is 10.7. The van der Waals surface area contributed by atoms with E-state index in [0.29, 0.717) is 0 Å². The fourth-order valence-corrected chi connectivity index (χ4v) is 0.617. The van der Waals surface area contributed by atoms with Crippen molar-refractivity contribution >= 4 is 29.4 Å². The molecular weight excluding hydrogens is 227 g/mol. The third-order valence-corrected chi connectivity index (χ3v) is 1.18. The first-order chi connectivity index (χ1) is 6.81. The summed E-state index contributed by atoms with van der Waals surface area (Å²) in [6.45, 7) is -0.0665. The maximum atomic E-state index is 10.7. The Balaban J connectivity index is 3.46. The Kier molecular flexibility index (Phi) is 9.31. The lowest BCUT2D eigenvalue weighted by molar-refractivity contribution is 0.0745. The molecule has 0 aromatic heterocycles. The van der Waals surface area contributed by atoms with Gasteiger partial charge in [-0.05, 0) is 0 Å². The van der Waals surface area contributed by atoms with Gasteiger partial charge in [0, 0.05) is 0 Å². The summed E-state index contributed by atoms with van der Waals surface area (Å²) in [5, 5.41) is 0. The highest BCUT2D eigenvalue weighted by Crippen LogP contribution is 1.83. The van der Waals surface area contributed by atoms with Crippen LogP contribution in [0.1, 0.15) is 0 Å². The molecule has 0 spiro atoms. The molecule has 0 heterocycles. The number of carbonyl (C=O) groups is 1. The zero-order valence-electron chi connectivity index (χ0n) is 7.31. The van der Waals surface area contributed by atoms with Crippen LogP contribution in [0.4, 0.5) is 4.79 Å². The number of hydrogen-bond donors (Lipinski definition) is 0. The van der Waals surface area contributed by atoms with E-state index in [1.165, 1.54) is 0 Å². The molecule has 0 aliphatic heterocycles. The minimum Gasteiger partial charge on any atom is -0.421 e. The second-order valence-corrected chi connectivity index (χ2v) is 2.34. The highest BCUT2D eigenvalue weighted by Gasteiger charge is 1.99. The second kappa shape index (κ2) is 10.1. The Labute approximate surface area is 92.7 Å².